The molecule has 0 unspecified atom stereocenters. The number of amides is 1. The molecule has 168 valence electrons. The van der Waals surface area contributed by atoms with Crippen molar-refractivity contribution in [3.8, 4) is 0 Å². The van der Waals surface area contributed by atoms with Gasteiger partial charge >= 0.3 is 0 Å². The van der Waals surface area contributed by atoms with Crippen molar-refractivity contribution in [3.63, 3.8) is 0 Å². The van der Waals surface area contributed by atoms with Crippen molar-refractivity contribution in [2.45, 2.75) is 48.0 Å². The number of aromatic nitrogens is 2. The van der Waals surface area contributed by atoms with E-state index in [9.17, 15) is 14.9 Å². The summed E-state index contributed by atoms with van der Waals surface area (Å²) in [6.07, 6.45) is 0. The fourth-order valence-electron chi connectivity index (χ4n) is 2.87. The summed E-state index contributed by atoms with van der Waals surface area (Å²) in [5, 5.41) is 22.3. The van der Waals surface area contributed by atoms with E-state index in [1.165, 1.54) is 40.3 Å². The molecular weight excluding hydrogens is 464 g/mol. The summed E-state index contributed by atoms with van der Waals surface area (Å²) in [4.78, 5) is 23.2. The largest absolute Gasteiger partial charge is 0.319 e. The van der Waals surface area contributed by atoms with Crippen molar-refractivity contribution in [1.82, 2.24) is 10.2 Å². The second kappa shape index (κ2) is 10.9. The van der Waals surface area contributed by atoms with Crippen molar-refractivity contribution < 1.29 is 9.72 Å². The average molecular weight is 489 g/mol. The number of thioether (sulfide) groups is 2. The summed E-state index contributed by atoms with van der Waals surface area (Å²) in [7, 11) is 0. The van der Waals surface area contributed by atoms with Crippen LogP contribution < -0.4 is 5.32 Å². The molecule has 0 atom stereocenters. The zero-order valence-corrected chi connectivity index (χ0v) is 20.7. The van der Waals surface area contributed by atoms with Crippen molar-refractivity contribution >= 4 is 52.1 Å². The Balaban J connectivity index is 1.53. The minimum atomic E-state index is -0.486. The van der Waals surface area contributed by atoms with E-state index in [0.717, 1.165) is 15.7 Å². The summed E-state index contributed by atoms with van der Waals surface area (Å²) in [6.45, 7) is 7.96. The summed E-state index contributed by atoms with van der Waals surface area (Å²) in [5.41, 5.74) is 4.24. The lowest BCUT2D eigenvalue weighted by atomic mass is 10.0. The lowest BCUT2D eigenvalue weighted by molar-refractivity contribution is -0.384. The minimum absolute atomic E-state index is 0.0977. The Bertz CT molecular complexity index is 1110. The Morgan fingerprint density at radius 1 is 1.09 bits per heavy atom. The highest BCUT2D eigenvalue weighted by Crippen LogP contribution is 2.33. The first kappa shape index (κ1) is 24.2. The Morgan fingerprint density at radius 3 is 2.38 bits per heavy atom. The molecule has 0 bridgehead atoms. The maximum absolute atomic E-state index is 12.4. The van der Waals surface area contributed by atoms with E-state index in [1.54, 1.807) is 24.8 Å². The van der Waals surface area contributed by atoms with Gasteiger partial charge in [-0.3, -0.25) is 14.9 Å². The van der Waals surface area contributed by atoms with E-state index in [4.69, 9.17) is 0 Å². The molecule has 1 amide bonds. The topological polar surface area (TPSA) is 98.0 Å². The number of nitro benzene ring substituents is 1. The Hall–Kier alpha value is -2.43. The van der Waals surface area contributed by atoms with Crippen LogP contribution in [0.15, 0.2) is 45.1 Å². The molecule has 0 aliphatic carbocycles. The normalized spacial score (nSPS) is 11.0. The molecule has 0 saturated carbocycles. The van der Waals surface area contributed by atoms with Crippen LogP contribution in [0.1, 0.15) is 42.0 Å². The van der Waals surface area contributed by atoms with Gasteiger partial charge in [0.05, 0.1) is 10.7 Å². The molecule has 2 aromatic carbocycles. The zero-order chi connectivity index (χ0) is 23.3. The van der Waals surface area contributed by atoms with Crippen LogP contribution >= 0.6 is 34.9 Å². The third-order valence-corrected chi connectivity index (χ3v) is 8.16. The van der Waals surface area contributed by atoms with Gasteiger partial charge in [-0.15, -0.1) is 10.2 Å². The van der Waals surface area contributed by atoms with Gasteiger partial charge in [-0.2, -0.15) is 0 Å². The maximum Gasteiger partial charge on any atom is 0.293 e. The number of rotatable bonds is 9. The Morgan fingerprint density at radius 2 is 1.75 bits per heavy atom. The SMILES string of the molecule is Cc1ccc([N+](=O)[O-])c(NC(=O)CSc2nnc(SCc3ccc(C(C)C)cc3)s2)c1C. The van der Waals surface area contributed by atoms with Gasteiger partial charge in [0, 0.05) is 11.8 Å². The zero-order valence-electron chi connectivity index (χ0n) is 18.2. The molecule has 0 spiro atoms. The van der Waals surface area contributed by atoms with Gasteiger partial charge in [0.2, 0.25) is 5.91 Å². The first-order chi connectivity index (χ1) is 15.2. The molecule has 1 heterocycles. The highest BCUT2D eigenvalue weighted by molar-refractivity contribution is 8.03. The van der Waals surface area contributed by atoms with Crippen molar-refractivity contribution in [3.05, 3.63) is 68.8 Å². The number of benzene rings is 2. The summed E-state index contributed by atoms with van der Waals surface area (Å²) in [6, 6.07) is 11.7. The van der Waals surface area contributed by atoms with Gasteiger partial charge in [0.15, 0.2) is 8.68 Å². The predicted molar refractivity (Wildman–Crippen MR) is 132 cm³/mol. The number of hydrogen-bond acceptors (Lipinski definition) is 8. The number of aryl methyl sites for hydroxylation is 1. The number of nitrogens with zero attached hydrogens (tertiary/aromatic N) is 3. The highest BCUT2D eigenvalue weighted by atomic mass is 32.2. The van der Waals surface area contributed by atoms with E-state index in [1.807, 2.05) is 6.92 Å². The van der Waals surface area contributed by atoms with E-state index in [2.05, 4.69) is 53.6 Å². The third-order valence-electron chi connectivity index (χ3n) is 4.90. The lowest BCUT2D eigenvalue weighted by Gasteiger charge is -2.10. The molecule has 0 fully saturated rings. The van der Waals surface area contributed by atoms with E-state index >= 15 is 0 Å². The molecule has 0 aliphatic heterocycles. The summed E-state index contributed by atoms with van der Waals surface area (Å²) >= 11 is 4.32. The molecule has 1 N–H and O–H groups in total. The molecule has 10 heteroatoms. The van der Waals surface area contributed by atoms with Gasteiger partial charge < -0.3 is 5.32 Å². The van der Waals surface area contributed by atoms with E-state index in [-0.39, 0.29) is 23.0 Å². The highest BCUT2D eigenvalue weighted by Gasteiger charge is 2.19. The van der Waals surface area contributed by atoms with Crippen LogP contribution in [0.2, 0.25) is 0 Å². The lowest BCUT2D eigenvalue weighted by Crippen LogP contribution is -2.16. The van der Waals surface area contributed by atoms with E-state index < -0.39 is 4.92 Å². The molecule has 3 aromatic rings. The molecule has 0 aliphatic rings. The number of carbonyl (C=O) groups excluding carboxylic acids is 1. The van der Waals surface area contributed by atoms with E-state index in [0.29, 0.717) is 15.8 Å². The third kappa shape index (κ3) is 6.30. The van der Waals surface area contributed by atoms with Crippen LogP contribution in [-0.4, -0.2) is 26.8 Å². The fraction of sp³-hybridized carbons (Fsp3) is 0.318. The number of nitro groups is 1. The quantitative estimate of drug-likeness (QED) is 0.217. The molecule has 7 nitrogen and oxygen atoms in total. The Kier molecular flexibility index (Phi) is 8.27. The van der Waals surface area contributed by atoms with Gasteiger partial charge in [-0.25, -0.2) is 0 Å². The maximum atomic E-state index is 12.4. The molecule has 3 rings (SSSR count). The molecule has 1 aromatic heterocycles. The van der Waals surface area contributed by atoms with Crippen molar-refractivity contribution in [2.24, 2.45) is 0 Å². The second-order valence-corrected chi connectivity index (χ2v) is 10.9. The predicted octanol–water partition coefficient (Wildman–Crippen LogP) is 6.21. The fourth-order valence-corrected chi connectivity index (χ4v) is 5.65. The molecule has 0 radical (unpaired) electrons. The number of hydrogen-bond donors (Lipinski definition) is 1. The molecule has 32 heavy (non-hydrogen) atoms. The van der Waals surface area contributed by atoms with Crippen LogP contribution in [-0.2, 0) is 10.5 Å². The van der Waals surface area contributed by atoms with Crippen LogP contribution in [0.5, 0.6) is 0 Å². The number of nitrogens with one attached hydrogen (secondary N) is 1. The monoisotopic (exact) mass is 488 g/mol. The van der Waals surface area contributed by atoms with Crippen LogP contribution in [0.3, 0.4) is 0 Å². The second-order valence-electron chi connectivity index (χ2n) is 7.51. The number of anilines is 1. The minimum Gasteiger partial charge on any atom is -0.319 e. The van der Waals surface area contributed by atoms with Crippen LogP contribution in [0.4, 0.5) is 11.4 Å². The smallest absolute Gasteiger partial charge is 0.293 e. The van der Waals surface area contributed by atoms with Crippen LogP contribution in [0.25, 0.3) is 0 Å². The standard InChI is InChI=1S/C22H24N4O3S3/c1-13(2)17-8-6-16(7-9-17)11-30-21-24-25-22(32-21)31-12-19(27)23-20-15(4)14(3)5-10-18(20)26(28)29/h5-10,13H,11-12H2,1-4H3,(H,23,27). The Labute approximate surface area is 199 Å². The molecular formula is C22H24N4O3S3. The van der Waals surface area contributed by atoms with Gasteiger partial charge in [-0.1, -0.05) is 79.0 Å². The summed E-state index contributed by atoms with van der Waals surface area (Å²) < 4.78 is 1.53. The molecule has 0 saturated heterocycles. The summed E-state index contributed by atoms with van der Waals surface area (Å²) in [5.74, 6) is 1.09. The number of carbonyl (C=O) groups is 1. The first-order valence-electron chi connectivity index (χ1n) is 9.97. The van der Waals surface area contributed by atoms with Crippen molar-refractivity contribution in [1.29, 1.82) is 0 Å². The van der Waals surface area contributed by atoms with Crippen LogP contribution in [0, 0.1) is 24.0 Å². The van der Waals surface area contributed by atoms with Gasteiger partial charge in [0.25, 0.3) is 5.69 Å². The van der Waals surface area contributed by atoms with Gasteiger partial charge in [-0.05, 0) is 42.0 Å². The van der Waals surface area contributed by atoms with Gasteiger partial charge in [0.1, 0.15) is 5.69 Å². The van der Waals surface area contributed by atoms with Crippen molar-refractivity contribution in [2.75, 3.05) is 11.1 Å². The first-order valence-corrected chi connectivity index (χ1v) is 12.8. The average Bonchev–Trinajstić information content (AvgIpc) is 3.22.